The van der Waals surface area contributed by atoms with Crippen molar-refractivity contribution in [2.45, 2.75) is 19.8 Å². The topological polar surface area (TPSA) is 52.3 Å². The van der Waals surface area contributed by atoms with Crippen molar-refractivity contribution < 1.29 is 9.53 Å². The number of carbonyl (C=O) groups excluding carboxylic acids is 1. The second-order valence-electron chi connectivity index (χ2n) is 1.95. The van der Waals surface area contributed by atoms with Gasteiger partial charge in [0.2, 0.25) is 5.91 Å². The molecular formula is C8H17NO2. The lowest BCUT2D eigenvalue weighted by atomic mass is 10.4. The lowest BCUT2D eigenvalue weighted by Gasteiger charge is -1.89. The molecule has 0 aromatic rings. The third kappa shape index (κ3) is 27.1. The molecule has 0 aliphatic carbocycles. The number of hydrogen-bond donors (Lipinski definition) is 1. The lowest BCUT2D eigenvalue weighted by Crippen LogP contribution is -2.04. The molecule has 0 radical (unpaired) electrons. The highest BCUT2D eigenvalue weighted by Crippen LogP contribution is 1.83. The molecule has 0 aromatic carbocycles. The minimum absolute atomic E-state index is 0.481. The molecule has 0 rings (SSSR count). The Morgan fingerprint density at radius 2 is 2.18 bits per heavy atom. The Hall–Kier alpha value is -0.830. The van der Waals surface area contributed by atoms with Crippen LogP contribution in [0.5, 0.6) is 0 Å². The van der Waals surface area contributed by atoms with E-state index >= 15 is 0 Å². The van der Waals surface area contributed by atoms with E-state index in [1.165, 1.54) is 12.8 Å². The van der Waals surface area contributed by atoms with E-state index in [1.54, 1.807) is 7.11 Å². The van der Waals surface area contributed by atoms with Gasteiger partial charge >= 0.3 is 0 Å². The summed E-state index contributed by atoms with van der Waals surface area (Å²) in [6.45, 7) is 6.15. The summed E-state index contributed by atoms with van der Waals surface area (Å²) in [6.07, 6.45) is 3.48. The number of ether oxygens (including phenoxy) is 1. The van der Waals surface area contributed by atoms with Crippen LogP contribution in [0.25, 0.3) is 0 Å². The quantitative estimate of drug-likeness (QED) is 0.493. The van der Waals surface area contributed by atoms with Crippen LogP contribution in [-0.2, 0) is 9.53 Å². The monoisotopic (exact) mass is 159 g/mol. The van der Waals surface area contributed by atoms with Crippen LogP contribution in [0.15, 0.2) is 12.7 Å². The van der Waals surface area contributed by atoms with Gasteiger partial charge in [-0.25, -0.2) is 0 Å². The maximum absolute atomic E-state index is 9.47. The maximum atomic E-state index is 9.47. The summed E-state index contributed by atoms with van der Waals surface area (Å²) >= 11 is 0. The van der Waals surface area contributed by atoms with Gasteiger partial charge in [-0.2, -0.15) is 0 Å². The molecule has 1 amide bonds. The van der Waals surface area contributed by atoms with Crippen molar-refractivity contribution >= 4 is 5.91 Å². The predicted octanol–water partition coefficient (Wildman–Crippen LogP) is 1.09. The SMILES string of the molecule is C=CC(N)=O.CCCCOC. The molecule has 0 spiro atoms. The summed E-state index contributed by atoms with van der Waals surface area (Å²) in [5.41, 5.74) is 4.53. The van der Waals surface area contributed by atoms with E-state index in [0.29, 0.717) is 0 Å². The zero-order valence-corrected chi connectivity index (χ0v) is 7.30. The first-order valence-corrected chi connectivity index (χ1v) is 3.59. The van der Waals surface area contributed by atoms with Crippen molar-refractivity contribution in [3.63, 3.8) is 0 Å². The van der Waals surface area contributed by atoms with Gasteiger partial charge in [-0.05, 0) is 12.5 Å². The van der Waals surface area contributed by atoms with Crippen LogP contribution in [0.4, 0.5) is 0 Å². The molecule has 2 N–H and O–H groups in total. The van der Waals surface area contributed by atoms with Gasteiger partial charge in [0.25, 0.3) is 0 Å². The summed E-state index contributed by atoms with van der Waals surface area (Å²) in [6, 6.07) is 0. The largest absolute Gasteiger partial charge is 0.385 e. The highest BCUT2D eigenvalue weighted by molar-refractivity contribution is 5.84. The zero-order chi connectivity index (χ0) is 9.11. The highest BCUT2D eigenvalue weighted by Gasteiger charge is 1.74. The Kier molecular flexibility index (Phi) is 13.9. The van der Waals surface area contributed by atoms with E-state index in [2.05, 4.69) is 19.2 Å². The van der Waals surface area contributed by atoms with Gasteiger partial charge in [0.1, 0.15) is 0 Å². The fraction of sp³-hybridized carbons (Fsp3) is 0.625. The van der Waals surface area contributed by atoms with Crippen LogP contribution in [0.1, 0.15) is 19.8 Å². The Morgan fingerprint density at radius 3 is 2.27 bits per heavy atom. The van der Waals surface area contributed by atoms with Crippen LogP contribution in [0.2, 0.25) is 0 Å². The number of amides is 1. The van der Waals surface area contributed by atoms with E-state index in [0.717, 1.165) is 12.7 Å². The van der Waals surface area contributed by atoms with Crippen molar-refractivity contribution in [2.75, 3.05) is 13.7 Å². The highest BCUT2D eigenvalue weighted by atomic mass is 16.5. The Bertz CT molecular complexity index is 98.3. The predicted molar refractivity (Wildman–Crippen MR) is 46.2 cm³/mol. The van der Waals surface area contributed by atoms with Crippen LogP contribution >= 0.6 is 0 Å². The van der Waals surface area contributed by atoms with Gasteiger partial charge < -0.3 is 10.5 Å². The molecule has 0 aromatic heterocycles. The lowest BCUT2D eigenvalue weighted by molar-refractivity contribution is -0.113. The first kappa shape index (κ1) is 12.8. The van der Waals surface area contributed by atoms with Crippen molar-refractivity contribution in [1.82, 2.24) is 0 Å². The number of hydrogen-bond acceptors (Lipinski definition) is 2. The van der Waals surface area contributed by atoms with E-state index in [-0.39, 0.29) is 0 Å². The van der Waals surface area contributed by atoms with Crippen molar-refractivity contribution in [1.29, 1.82) is 0 Å². The summed E-state index contributed by atoms with van der Waals surface area (Å²) in [5, 5.41) is 0. The van der Waals surface area contributed by atoms with Crippen molar-refractivity contribution in [2.24, 2.45) is 5.73 Å². The van der Waals surface area contributed by atoms with E-state index in [1.807, 2.05) is 0 Å². The van der Waals surface area contributed by atoms with Gasteiger partial charge in [0.15, 0.2) is 0 Å². The molecule has 0 aliphatic heterocycles. The number of nitrogens with two attached hydrogens (primary N) is 1. The number of primary amides is 1. The van der Waals surface area contributed by atoms with Gasteiger partial charge in [-0.3, -0.25) is 4.79 Å². The number of unbranched alkanes of at least 4 members (excludes halogenated alkanes) is 1. The summed E-state index contributed by atoms with van der Waals surface area (Å²) < 4.78 is 4.78. The van der Waals surface area contributed by atoms with Gasteiger partial charge in [-0.15, -0.1) is 0 Å². The van der Waals surface area contributed by atoms with Gasteiger partial charge in [0, 0.05) is 13.7 Å². The summed E-state index contributed by atoms with van der Waals surface area (Å²) in [7, 11) is 1.73. The molecule has 0 bridgehead atoms. The van der Waals surface area contributed by atoms with Crippen LogP contribution in [0.3, 0.4) is 0 Å². The normalized spacial score (nSPS) is 7.82. The van der Waals surface area contributed by atoms with Crippen LogP contribution in [0, 0.1) is 0 Å². The molecule has 11 heavy (non-hydrogen) atoms. The van der Waals surface area contributed by atoms with E-state index < -0.39 is 5.91 Å². The van der Waals surface area contributed by atoms with Crippen LogP contribution in [-0.4, -0.2) is 19.6 Å². The first-order chi connectivity index (χ1) is 5.18. The molecule has 3 heteroatoms. The molecular weight excluding hydrogens is 142 g/mol. The maximum Gasteiger partial charge on any atom is 0.240 e. The van der Waals surface area contributed by atoms with Crippen molar-refractivity contribution in [3.05, 3.63) is 12.7 Å². The smallest absolute Gasteiger partial charge is 0.240 e. The average molecular weight is 159 g/mol. The third-order valence-electron chi connectivity index (χ3n) is 0.903. The second kappa shape index (κ2) is 11.9. The summed E-state index contributed by atoms with van der Waals surface area (Å²) in [5.74, 6) is -0.481. The first-order valence-electron chi connectivity index (χ1n) is 3.59. The van der Waals surface area contributed by atoms with E-state index in [4.69, 9.17) is 4.74 Å². The molecule has 0 fully saturated rings. The molecule has 0 aliphatic rings. The third-order valence-corrected chi connectivity index (χ3v) is 0.903. The van der Waals surface area contributed by atoms with Gasteiger partial charge in [0.05, 0.1) is 0 Å². The van der Waals surface area contributed by atoms with Gasteiger partial charge in [-0.1, -0.05) is 19.9 Å². The standard InChI is InChI=1S/C5H12O.C3H5NO/c1-3-4-5-6-2;1-2-3(4)5/h3-5H2,1-2H3;2H,1H2,(H2,4,5). The summed E-state index contributed by atoms with van der Waals surface area (Å²) in [4.78, 5) is 9.47. The van der Waals surface area contributed by atoms with E-state index in [9.17, 15) is 4.79 Å². The molecule has 0 saturated heterocycles. The fourth-order valence-corrected chi connectivity index (χ4v) is 0.289. The zero-order valence-electron chi connectivity index (χ0n) is 7.30. The molecule has 66 valence electrons. The Morgan fingerprint density at radius 1 is 1.73 bits per heavy atom. The average Bonchev–Trinajstić information content (AvgIpc) is 2.02. The second-order valence-corrected chi connectivity index (χ2v) is 1.95. The Labute approximate surface area is 68.2 Å². The molecule has 0 atom stereocenters. The Balaban J connectivity index is 0. The number of rotatable bonds is 4. The number of carbonyl (C=O) groups is 1. The molecule has 0 heterocycles. The fourth-order valence-electron chi connectivity index (χ4n) is 0.289. The van der Waals surface area contributed by atoms with Crippen molar-refractivity contribution in [3.8, 4) is 0 Å². The molecule has 3 nitrogen and oxygen atoms in total. The minimum Gasteiger partial charge on any atom is -0.385 e. The molecule has 0 unspecified atom stereocenters. The van der Waals surface area contributed by atoms with Crippen LogP contribution < -0.4 is 5.73 Å². The number of methoxy groups -OCH3 is 1. The minimum atomic E-state index is -0.481. The molecule has 0 saturated carbocycles.